The Hall–Kier alpha value is -2.35. The third kappa shape index (κ3) is 2.11. The maximum atomic E-state index is 8.89. The summed E-state index contributed by atoms with van der Waals surface area (Å²) >= 11 is 0. The second-order valence-corrected chi connectivity index (χ2v) is 3.57. The molecule has 0 radical (unpaired) electrons. The number of hydrogen-bond acceptors (Lipinski definition) is 4. The molecule has 0 atom stereocenters. The smallest absolute Gasteiger partial charge is 0.207 e. The van der Waals surface area contributed by atoms with Crippen molar-refractivity contribution in [2.45, 2.75) is 13.3 Å². The number of anilines is 1. The average Bonchev–Trinajstić information content (AvgIpc) is 2.82. The zero-order valence-electron chi connectivity index (χ0n) is 9.81. The predicted molar refractivity (Wildman–Crippen MR) is 65.0 cm³/mol. The molecule has 1 heterocycles. The van der Waals surface area contributed by atoms with E-state index in [9.17, 15) is 0 Å². The van der Waals surface area contributed by atoms with Gasteiger partial charge in [0.15, 0.2) is 5.82 Å². The van der Waals surface area contributed by atoms with Crippen molar-refractivity contribution < 1.29 is 0 Å². The van der Waals surface area contributed by atoms with Gasteiger partial charge in [0.25, 0.3) is 0 Å². The summed E-state index contributed by atoms with van der Waals surface area (Å²) in [4.78, 5) is 1.46. The third-order valence-corrected chi connectivity index (χ3v) is 2.53. The van der Waals surface area contributed by atoms with E-state index in [4.69, 9.17) is 5.26 Å². The monoisotopic (exact) mass is 227 g/mol. The van der Waals surface area contributed by atoms with E-state index in [0.717, 1.165) is 12.1 Å². The van der Waals surface area contributed by atoms with Gasteiger partial charge < -0.3 is 5.32 Å². The lowest BCUT2D eigenvalue weighted by Crippen LogP contribution is -1.99. The molecule has 0 saturated heterocycles. The van der Waals surface area contributed by atoms with Crippen LogP contribution in [-0.4, -0.2) is 22.0 Å². The van der Waals surface area contributed by atoms with Crippen molar-refractivity contribution in [3.05, 3.63) is 35.5 Å². The van der Waals surface area contributed by atoms with Gasteiger partial charge in [-0.05, 0) is 24.1 Å². The SMILES string of the molecule is CCc1ccc(-n2nc(C#N)c(NC)n2)cc1. The molecule has 5 nitrogen and oxygen atoms in total. The maximum Gasteiger partial charge on any atom is 0.207 e. The van der Waals surface area contributed by atoms with Crippen molar-refractivity contribution >= 4 is 5.82 Å². The molecule has 0 aliphatic rings. The molecule has 0 amide bonds. The lowest BCUT2D eigenvalue weighted by Gasteiger charge is -2.00. The molecule has 86 valence electrons. The fourth-order valence-corrected chi connectivity index (χ4v) is 1.53. The van der Waals surface area contributed by atoms with Gasteiger partial charge >= 0.3 is 0 Å². The molecule has 0 aliphatic heterocycles. The first-order valence-corrected chi connectivity index (χ1v) is 5.43. The van der Waals surface area contributed by atoms with Crippen LogP contribution in [0.4, 0.5) is 5.82 Å². The Morgan fingerprint density at radius 2 is 2.00 bits per heavy atom. The fourth-order valence-electron chi connectivity index (χ4n) is 1.53. The number of nitrogens with one attached hydrogen (secondary N) is 1. The first-order valence-electron chi connectivity index (χ1n) is 5.43. The van der Waals surface area contributed by atoms with E-state index in [0.29, 0.717) is 11.5 Å². The maximum absolute atomic E-state index is 8.89. The van der Waals surface area contributed by atoms with E-state index >= 15 is 0 Å². The van der Waals surface area contributed by atoms with Gasteiger partial charge in [0.1, 0.15) is 6.07 Å². The number of nitriles is 1. The summed E-state index contributed by atoms with van der Waals surface area (Å²) in [5, 5.41) is 20.0. The summed E-state index contributed by atoms with van der Waals surface area (Å²) in [6.07, 6.45) is 0.998. The van der Waals surface area contributed by atoms with E-state index in [-0.39, 0.29) is 0 Å². The highest BCUT2D eigenvalue weighted by Gasteiger charge is 2.09. The van der Waals surface area contributed by atoms with Gasteiger partial charge in [-0.15, -0.1) is 15.0 Å². The van der Waals surface area contributed by atoms with E-state index in [2.05, 4.69) is 22.4 Å². The Morgan fingerprint density at radius 3 is 2.47 bits per heavy atom. The number of aromatic nitrogens is 3. The minimum Gasteiger partial charge on any atom is -0.369 e. The Labute approximate surface area is 99.7 Å². The van der Waals surface area contributed by atoms with Crippen molar-refractivity contribution in [2.24, 2.45) is 0 Å². The molecule has 2 rings (SSSR count). The molecule has 0 fully saturated rings. The fraction of sp³-hybridized carbons (Fsp3) is 0.250. The van der Waals surface area contributed by atoms with Crippen LogP contribution >= 0.6 is 0 Å². The molecule has 0 unspecified atom stereocenters. The Kier molecular flexibility index (Phi) is 3.06. The van der Waals surface area contributed by atoms with Gasteiger partial charge in [-0.25, -0.2) is 0 Å². The van der Waals surface area contributed by atoms with E-state index in [1.807, 2.05) is 30.3 Å². The summed E-state index contributed by atoms with van der Waals surface area (Å²) in [7, 11) is 1.72. The van der Waals surface area contributed by atoms with Crippen LogP contribution in [0.25, 0.3) is 5.69 Å². The molecule has 1 aromatic carbocycles. The Bertz CT molecular complexity index is 547. The minimum atomic E-state index is 0.298. The van der Waals surface area contributed by atoms with E-state index in [1.54, 1.807) is 7.05 Å². The summed E-state index contributed by atoms with van der Waals surface area (Å²) in [6.45, 7) is 2.11. The molecule has 5 heteroatoms. The normalized spacial score (nSPS) is 9.94. The molecular weight excluding hydrogens is 214 g/mol. The molecule has 0 spiro atoms. The van der Waals surface area contributed by atoms with Gasteiger partial charge in [-0.2, -0.15) is 5.26 Å². The number of rotatable bonds is 3. The van der Waals surface area contributed by atoms with Crippen molar-refractivity contribution in [1.82, 2.24) is 15.0 Å². The van der Waals surface area contributed by atoms with Crippen molar-refractivity contribution in [3.8, 4) is 11.8 Å². The summed E-state index contributed by atoms with van der Waals surface area (Å²) < 4.78 is 0. The van der Waals surface area contributed by atoms with E-state index in [1.165, 1.54) is 10.4 Å². The zero-order valence-corrected chi connectivity index (χ0v) is 9.81. The predicted octanol–water partition coefficient (Wildman–Crippen LogP) is 1.74. The first kappa shape index (κ1) is 11.1. The van der Waals surface area contributed by atoms with Gasteiger partial charge in [0, 0.05) is 7.05 Å². The highest BCUT2D eigenvalue weighted by atomic mass is 15.5. The molecule has 17 heavy (non-hydrogen) atoms. The van der Waals surface area contributed by atoms with Crippen LogP contribution in [0.15, 0.2) is 24.3 Å². The first-order chi connectivity index (χ1) is 8.28. The summed E-state index contributed by atoms with van der Waals surface area (Å²) in [5.41, 5.74) is 2.41. The lowest BCUT2D eigenvalue weighted by molar-refractivity contribution is 0.750. The molecule has 2 aromatic rings. The number of nitrogens with zero attached hydrogens (tertiary/aromatic N) is 4. The van der Waals surface area contributed by atoms with Crippen LogP contribution in [0.5, 0.6) is 0 Å². The number of aryl methyl sites for hydroxylation is 1. The second-order valence-electron chi connectivity index (χ2n) is 3.57. The highest BCUT2D eigenvalue weighted by Crippen LogP contribution is 2.12. The van der Waals surface area contributed by atoms with Gasteiger partial charge in [-0.3, -0.25) is 0 Å². The molecule has 0 bridgehead atoms. The molecule has 1 N–H and O–H groups in total. The molecule has 0 saturated carbocycles. The van der Waals surface area contributed by atoms with Crippen molar-refractivity contribution in [2.75, 3.05) is 12.4 Å². The van der Waals surface area contributed by atoms with Crippen molar-refractivity contribution in [3.63, 3.8) is 0 Å². The van der Waals surface area contributed by atoms with Crippen LogP contribution < -0.4 is 5.32 Å². The zero-order chi connectivity index (χ0) is 12.3. The second kappa shape index (κ2) is 4.66. The van der Waals surface area contributed by atoms with Gasteiger partial charge in [0.2, 0.25) is 5.69 Å². The molecule has 1 aromatic heterocycles. The summed E-state index contributed by atoms with van der Waals surface area (Å²) in [6, 6.07) is 9.95. The van der Waals surface area contributed by atoms with Crippen LogP contribution in [0, 0.1) is 11.3 Å². The number of hydrogen-bond donors (Lipinski definition) is 1. The minimum absolute atomic E-state index is 0.298. The standard InChI is InChI=1S/C12H13N5/c1-3-9-4-6-10(7-5-9)17-15-11(8-13)12(14-2)16-17/h4-7H,3H2,1-2H3,(H,14,16). The van der Waals surface area contributed by atoms with Crippen LogP contribution in [-0.2, 0) is 6.42 Å². The Balaban J connectivity index is 2.39. The van der Waals surface area contributed by atoms with Crippen molar-refractivity contribution in [1.29, 1.82) is 5.26 Å². The number of benzene rings is 1. The van der Waals surface area contributed by atoms with Gasteiger partial charge in [0.05, 0.1) is 5.69 Å². The lowest BCUT2D eigenvalue weighted by atomic mass is 10.2. The summed E-state index contributed by atoms with van der Waals surface area (Å²) in [5.74, 6) is 0.493. The molecular formula is C12H13N5. The van der Waals surface area contributed by atoms with E-state index < -0.39 is 0 Å². The van der Waals surface area contributed by atoms with Gasteiger partial charge in [-0.1, -0.05) is 19.1 Å². The van der Waals surface area contributed by atoms with Crippen LogP contribution in [0.3, 0.4) is 0 Å². The van der Waals surface area contributed by atoms with Crippen LogP contribution in [0.2, 0.25) is 0 Å². The molecule has 0 aliphatic carbocycles. The third-order valence-electron chi connectivity index (χ3n) is 2.53. The average molecular weight is 227 g/mol. The topological polar surface area (TPSA) is 66.5 Å². The van der Waals surface area contributed by atoms with Crippen LogP contribution in [0.1, 0.15) is 18.2 Å². The largest absolute Gasteiger partial charge is 0.369 e. The quantitative estimate of drug-likeness (QED) is 0.867. The Morgan fingerprint density at radius 1 is 1.29 bits per heavy atom. The highest BCUT2D eigenvalue weighted by molar-refractivity contribution is 5.47.